The Morgan fingerprint density at radius 1 is 1.31 bits per heavy atom. The number of ether oxygens (including phenoxy) is 1. The Labute approximate surface area is 173 Å². The second kappa shape index (κ2) is 9.04. The lowest BCUT2D eigenvalue weighted by molar-refractivity contribution is -0.0498. The summed E-state index contributed by atoms with van der Waals surface area (Å²) < 4.78 is 31.3. The van der Waals surface area contributed by atoms with Crippen LogP contribution in [0, 0.1) is 6.92 Å². The van der Waals surface area contributed by atoms with Gasteiger partial charge in [0, 0.05) is 12.2 Å². The zero-order valence-electron chi connectivity index (χ0n) is 16.1. The van der Waals surface area contributed by atoms with E-state index in [-0.39, 0.29) is 30.1 Å². The maximum absolute atomic E-state index is 13.2. The highest BCUT2D eigenvalue weighted by Gasteiger charge is 2.29. The number of hydrogen-bond acceptors (Lipinski definition) is 5. The first kappa shape index (κ1) is 21.4. The van der Waals surface area contributed by atoms with Crippen molar-refractivity contribution in [2.45, 2.75) is 45.3 Å². The largest absolute Gasteiger partial charge is 0.435 e. The highest BCUT2D eigenvalue weighted by atomic mass is 35.5. The molecule has 1 aromatic heterocycles. The van der Waals surface area contributed by atoms with E-state index in [1.807, 2.05) is 11.6 Å². The number of nitrogens with one attached hydrogen (secondary N) is 1. The average Bonchev–Trinajstić information content (AvgIpc) is 3.08. The number of nitrogens with zero attached hydrogens (tertiary/aromatic N) is 4. The minimum Gasteiger partial charge on any atom is -0.435 e. The SMILES string of the molecule is Cc1c(C(=O)N2CCCc3cc(OC(F)F)ccc32)nnn1C1CCNCC1.Cl. The fraction of sp³-hybridized carbons (Fsp3) is 0.526. The molecule has 1 aromatic carbocycles. The molecule has 1 amide bonds. The Hall–Kier alpha value is -2.26. The standard InChI is InChI=1S/C19H23F2N5O2.ClH/c1-12-17(23-24-26(12)14-6-8-22-9-7-14)18(27)25-10-2-3-13-11-15(28-19(20)21)4-5-16(13)25;/h4-5,11,14,19,22H,2-3,6-10H2,1H3;1H. The molecule has 0 bridgehead atoms. The van der Waals surface area contributed by atoms with Crippen molar-refractivity contribution in [1.82, 2.24) is 20.3 Å². The van der Waals surface area contributed by atoms with E-state index >= 15 is 0 Å². The molecule has 29 heavy (non-hydrogen) atoms. The Morgan fingerprint density at radius 2 is 2.07 bits per heavy atom. The Morgan fingerprint density at radius 3 is 2.79 bits per heavy atom. The van der Waals surface area contributed by atoms with E-state index in [1.54, 1.807) is 17.0 Å². The van der Waals surface area contributed by atoms with E-state index in [0.717, 1.165) is 43.6 Å². The van der Waals surface area contributed by atoms with Crippen molar-refractivity contribution in [3.8, 4) is 5.75 Å². The number of aryl methyl sites for hydroxylation is 1. The summed E-state index contributed by atoms with van der Waals surface area (Å²) in [5.41, 5.74) is 2.65. The zero-order chi connectivity index (χ0) is 19.7. The van der Waals surface area contributed by atoms with Gasteiger partial charge in [-0.05, 0) is 69.5 Å². The third-order valence-electron chi connectivity index (χ3n) is 5.42. The number of anilines is 1. The Balaban J connectivity index is 0.00000240. The van der Waals surface area contributed by atoms with Crippen LogP contribution in [0.15, 0.2) is 18.2 Å². The quantitative estimate of drug-likeness (QED) is 0.811. The van der Waals surface area contributed by atoms with Crippen molar-refractivity contribution in [2.75, 3.05) is 24.5 Å². The highest BCUT2D eigenvalue weighted by molar-refractivity contribution is 6.06. The molecule has 0 saturated carbocycles. The summed E-state index contributed by atoms with van der Waals surface area (Å²) in [5.74, 6) is -0.0998. The predicted octanol–water partition coefficient (Wildman–Crippen LogP) is 3.13. The van der Waals surface area contributed by atoms with Gasteiger partial charge in [-0.25, -0.2) is 4.68 Å². The molecule has 158 valence electrons. The van der Waals surface area contributed by atoms with Crippen LogP contribution < -0.4 is 15.0 Å². The van der Waals surface area contributed by atoms with Crippen LogP contribution in [0.1, 0.15) is 47.1 Å². The van der Waals surface area contributed by atoms with E-state index in [4.69, 9.17) is 0 Å². The third kappa shape index (κ3) is 4.35. The topological polar surface area (TPSA) is 72.3 Å². The first-order valence-corrected chi connectivity index (χ1v) is 9.56. The Kier molecular flexibility index (Phi) is 6.69. The fourth-order valence-corrected chi connectivity index (χ4v) is 4.02. The summed E-state index contributed by atoms with van der Waals surface area (Å²) >= 11 is 0. The fourth-order valence-electron chi connectivity index (χ4n) is 4.02. The summed E-state index contributed by atoms with van der Waals surface area (Å²) in [6.07, 6.45) is 3.37. The van der Waals surface area contributed by atoms with Gasteiger partial charge >= 0.3 is 6.61 Å². The number of benzene rings is 1. The molecule has 7 nitrogen and oxygen atoms in total. The summed E-state index contributed by atoms with van der Waals surface area (Å²) in [7, 11) is 0. The van der Waals surface area contributed by atoms with Crippen LogP contribution in [0.4, 0.5) is 14.5 Å². The second-order valence-electron chi connectivity index (χ2n) is 7.18. The van der Waals surface area contributed by atoms with Crippen LogP contribution in [0.5, 0.6) is 5.75 Å². The van der Waals surface area contributed by atoms with Crippen LogP contribution in [0.2, 0.25) is 0 Å². The van der Waals surface area contributed by atoms with Crippen LogP contribution in [0.3, 0.4) is 0 Å². The van der Waals surface area contributed by atoms with Crippen LogP contribution in [-0.2, 0) is 6.42 Å². The minimum absolute atomic E-state index is 0. The van der Waals surface area contributed by atoms with Crippen LogP contribution in [-0.4, -0.2) is 47.1 Å². The van der Waals surface area contributed by atoms with E-state index in [9.17, 15) is 13.6 Å². The molecular formula is C19H24ClF2N5O2. The number of piperidine rings is 1. The number of aromatic nitrogens is 3. The number of carbonyl (C=O) groups excluding carboxylic acids is 1. The van der Waals surface area contributed by atoms with E-state index in [2.05, 4.69) is 20.4 Å². The first-order chi connectivity index (χ1) is 13.5. The molecule has 10 heteroatoms. The molecule has 1 saturated heterocycles. The molecule has 1 N–H and O–H groups in total. The molecule has 3 heterocycles. The van der Waals surface area contributed by atoms with Gasteiger partial charge in [0.25, 0.3) is 5.91 Å². The van der Waals surface area contributed by atoms with E-state index < -0.39 is 6.61 Å². The summed E-state index contributed by atoms with van der Waals surface area (Å²) in [6.45, 7) is 1.42. The van der Waals surface area contributed by atoms with Gasteiger partial charge in [0.1, 0.15) is 5.75 Å². The number of carbonyl (C=O) groups is 1. The van der Waals surface area contributed by atoms with E-state index in [0.29, 0.717) is 24.3 Å². The molecule has 2 aliphatic heterocycles. The first-order valence-electron chi connectivity index (χ1n) is 9.56. The van der Waals surface area contributed by atoms with Crippen molar-refractivity contribution in [2.24, 2.45) is 0 Å². The lowest BCUT2D eigenvalue weighted by Gasteiger charge is -2.29. The summed E-state index contributed by atoms with van der Waals surface area (Å²) in [4.78, 5) is 14.9. The molecule has 0 radical (unpaired) electrons. The average molecular weight is 428 g/mol. The third-order valence-corrected chi connectivity index (χ3v) is 5.42. The van der Waals surface area contributed by atoms with Crippen molar-refractivity contribution in [3.63, 3.8) is 0 Å². The minimum atomic E-state index is -2.87. The van der Waals surface area contributed by atoms with Gasteiger partial charge in [0.2, 0.25) is 0 Å². The lowest BCUT2D eigenvalue weighted by Crippen LogP contribution is -2.36. The normalized spacial score (nSPS) is 17.0. The van der Waals surface area contributed by atoms with Gasteiger partial charge in [0.15, 0.2) is 5.69 Å². The van der Waals surface area contributed by atoms with Crippen molar-refractivity contribution in [3.05, 3.63) is 35.2 Å². The molecule has 0 unspecified atom stereocenters. The number of rotatable bonds is 4. The van der Waals surface area contributed by atoms with Crippen LogP contribution >= 0.6 is 12.4 Å². The molecule has 2 aromatic rings. The van der Waals surface area contributed by atoms with Gasteiger partial charge in [-0.15, -0.1) is 17.5 Å². The number of fused-ring (bicyclic) bond motifs is 1. The predicted molar refractivity (Wildman–Crippen MR) is 106 cm³/mol. The van der Waals surface area contributed by atoms with Gasteiger partial charge in [-0.3, -0.25) is 4.79 Å². The summed E-state index contributed by atoms with van der Waals surface area (Å²) in [6, 6.07) is 4.96. The van der Waals surface area contributed by atoms with Crippen molar-refractivity contribution < 1.29 is 18.3 Å². The maximum atomic E-state index is 13.2. The molecule has 4 rings (SSSR count). The highest BCUT2D eigenvalue weighted by Crippen LogP contribution is 2.32. The number of alkyl halides is 2. The molecule has 1 fully saturated rings. The maximum Gasteiger partial charge on any atom is 0.387 e. The van der Waals surface area contributed by atoms with Gasteiger partial charge < -0.3 is 15.0 Å². The Bertz CT molecular complexity index is 870. The van der Waals surface area contributed by atoms with Gasteiger partial charge in [0.05, 0.1) is 11.7 Å². The number of amides is 1. The van der Waals surface area contributed by atoms with E-state index in [1.165, 1.54) is 6.07 Å². The smallest absolute Gasteiger partial charge is 0.387 e. The number of hydrogen-bond donors (Lipinski definition) is 1. The van der Waals surface area contributed by atoms with Gasteiger partial charge in [-0.2, -0.15) is 8.78 Å². The van der Waals surface area contributed by atoms with Crippen molar-refractivity contribution in [1.29, 1.82) is 0 Å². The lowest BCUT2D eigenvalue weighted by atomic mass is 10.0. The van der Waals surface area contributed by atoms with Crippen LogP contribution in [0.25, 0.3) is 0 Å². The number of halogens is 3. The molecule has 2 aliphatic rings. The molecule has 0 aliphatic carbocycles. The van der Waals surface area contributed by atoms with Crippen molar-refractivity contribution >= 4 is 24.0 Å². The zero-order valence-corrected chi connectivity index (χ0v) is 16.9. The molecule has 0 atom stereocenters. The summed E-state index contributed by atoms with van der Waals surface area (Å²) in [5, 5.41) is 11.7. The van der Waals surface area contributed by atoms with Gasteiger partial charge in [-0.1, -0.05) is 5.21 Å². The second-order valence-corrected chi connectivity index (χ2v) is 7.18. The monoisotopic (exact) mass is 427 g/mol. The molecule has 0 spiro atoms. The molecular weight excluding hydrogens is 404 g/mol.